The first-order chi connectivity index (χ1) is 31.3. The third-order valence-electron chi connectivity index (χ3n) is 10.5. The Morgan fingerprint density at radius 3 is 1.30 bits per heavy atom. The molecular formula is C46H65F6N7O7. The number of benzene rings is 2. The van der Waals surface area contributed by atoms with Gasteiger partial charge in [-0.2, -0.15) is 26.3 Å². The van der Waals surface area contributed by atoms with E-state index in [0.29, 0.717) is 58.3 Å². The molecular weight excluding hydrogens is 877 g/mol. The lowest BCUT2D eigenvalue weighted by atomic mass is 10.0. The number of nitrogens with one attached hydrogen (secondary N) is 4. The van der Waals surface area contributed by atoms with Gasteiger partial charge in [0.2, 0.25) is 17.7 Å². The van der Waals surface area contributed by atoms with Crippen molar-refractivity contribution in [3.05, 3.63) is 72.1 Å². The number of carbonyl (C=O) groups is 5. The number of alkyl halides is 6. The molecule has 20 heteroatoms. The average molecular weight is 942 g/mol. The molecule has 0 spiro atoms. The summed E-state index contributed by atoms with van der Waals surface area (Å²) in [6.07, 6.45) is 9.89. The Kier molecular flexibility index (Phi) is 25.5. The van der Waals surface area contributed by atoms with Gasteiger partial charge in [-0.05, 0) is 55.4 Å². The highest BCUT2D eigenvalue weighted by molar-refractivity contribution is 5.87. The topological polar surface area (TPSA) is 237 Å². The summed E-state index contributed by atoms with van der Waals surface area (Å²) in [5.74, 6) is -5.78. The molecule has 4 rings (SSSR count). The molecule has 0 saturated heterocycles. The Bertz CT molecular complexity index is 1950. The minimum atomic E-state index is -5.08. The second kappa shape index (κ2) is 29.8. The number of nitrogens with two attached hydrogens (primary N) is 2. The molecule has 368 valence electrons. The molecule has 0 radical (unpaired) electrons. The van der Waals surface area contributed by atoms with E-state index >= 15 is 0 Å². The lowest BCUT2D eigenvalue weighted by molar-refractivity contribution is -0.193. The van der Waals surface area contributed by atoms with Crippen LogP contribution >= 0.6 is 0 Å². The average Bonchev–Trinajstić information content (AvgIpc) is 3.88. The zero-order valence-corrected chi connectivity index (χ0v) is 37.4. The predicted octanol–water partition coefficient (Wildman–Crippen LogP) is 7.90. The number of aromatic nitrogens is 2. The Hall–Kier alpha value is -5.63. The van der Waals surface area contributed by atoms with Crippen LogP contribution in [-0.2, 0) is 36.8 Å². The summed E-state index contributed by atoms with van der Waals surface area (Å²) >= 11 is 0. The number of fused-ring (bicyclic) bond motifs is 2. The van der Waals surface area contributed by atoms with E-state index in [2.05, 4.69) is 27.5 Å². The number of para-hydroxylation sites is 2. The second-order valence-electron chi connectivity index (χ2n) is 15.9. The van der Waals surface area contributed by atoms with Gasteiger partial charge < -0.3 is 47.2 Å². The fraction of sp³-hybridized carbons (Fsp3) is 0.543. The summed E-state index contributed by atoms with van der Waals surface area (Å²) in [5.41, 5.74) is 16.6. The van der Waals surface area contributed by atoms with E-state index in [0.717, 1.165) is 52.2 Å². The van der Waals surface area contributed by atoms with Crippen LogP contribution in [0, 0.1) is 0 Å². The van der Waals surface area contributed by atoms with Crippen LogP contribution in [0.3, 0.4) is 0 Å². The van der Waals surface area contributed by atoms with Crippen LogP contribution < -0.4 is 22.1 Å². The number of unbranched alkanes of at least 4 members (excludes halogenated alkanes) is 10. The fourth-order valence-corrected chi connectivity index (χ4v) is 6.95. The van der Waals surface area contributed by atoms with Crippen molar-refractivity contribution in [2.75, 3.05) is 26.2 Å². The van der Waals surface area contributed by atoms with E-state index in [1.54, 1.807) is 0 Å². The summed E-state index contributed by atoms with van der Waals surface area (Å²) < 4.78 is 63.5. The van der Waals surface area contributed by atoms with Crippen LogP contribution in [0.15, 0.2) is 60.9 Å². The number of carboxylic acid groups (broad SMARTS) is 2. The second-order valence-corrected chi connectivity index (χ2v) is 15.9. The largest absolute Gasteiger partial charge is 0.490 e. The Morgan fingerprint density at radius 2 is 0.939 bits per heavy atom. The first-order valence-corrected chi connectivity index (χ1v) is 22.3. The number of nitrogens with zero attached hydrogens (tertiary/aromatic N) is 1. The van der Waals surface area contributed by atoms with Gasteiger partial charge in [-0.15, -0.1) is 0 Å². The zero-order valence-electron chi connectivity index (χ0n) is 37.4. The van der Waals surface area contributed by atoms with Gasteiger partial charge >= 0.3 is 24.3 Å². The molecule has 66 heavy (non-hydrogen) atoms. The summed E-state index contributed by atoms with van der Waals surface area (Å²) in [6.45, 7) is 4.18. The molecule has 0 aliphatic heterocycles. The Balaban J connectivity index is 0.000000923. The molecule has 2 heterocycles. The number of amides is 3. The maximum absolute atomic E-state index is 13.4. The van der Waals surface area contributed by atoms with Crippen molar-refractivity contribution in [3.63, 3.8) is 0 Å². The van der Waals surface area contributed by atoms with E-state index in [1.165, 1.54) is 51.4 Å². The van der Waals surface area contributed by atoms with Gasteiger partial charge in [-0.1, -0.05) is 108 Å². The van der Waals surface area contributed by atoms with Gasteiger partial charge in [0.25, 0.3) is 0 Å². The van der Waals surface area contributed by atoms with Crippen molar-refractivity contribution in [1.29, 1.82) is 0 Å². The van der Waals surface area contributed by atoms with E-state index in [1.807, 2.05) is 65.8 Å². The number of carboxylic acids is 2. The number of hydrogen-bond donors (Lipinski definition) is 8. The van der Waals surface area contributed by atoms with Gasteiger partial charge in [0.1, 0.15) is 0 Å². The van der Waals surface area contributed by atoms with Crippen LogP contribution in [0.5, 0.6) is 0 Å². The minimum Gasteiger partial charge on any atom is -0.475 e. The van der Waals surface area contributed by atoms with Gasteiger partial charge in [0.15, 0.2) is 0 Å². The molecule has 2 aromatic heterocycles. The van der Waals surface area contributed by atoms with Crippen LogP contribution in [0.25, 0.3) is 21.8 Å². The Morgan fingerprint density at radius 1 is 0.591 bits per heavy atom. The molecule has 2 atom stereocenters. The van der Waals surface area contributed by atoms with Crippen molar-refractivity contribution < 1.29 is 60.5 Å². The zero-order chi connectivity index (χ0) is 49.1. The first kappa shape index (κ1) is 56.5. The van der Waals surface area contributed by atoms with Gasteiger partial charge in [-0.25, -0.2) is 9.59 Å². The third-order valence-corrected chi connectivity index (χ3v) is 10.5. The van der Waals surface area contributed by atoms with Crippen molar-refractivity contribution >= 4 is 51.5 Å². The summed E-state index contributed by atoms with van der Waals surface area (Å²) in [6, 6.07) is 14.6. The van der Waals surface area contributed by atoms with Crippen molar-refractivity contribution in [1.82, 2.24) is 25.5 Å². The molecule has 0 aliphatic carbocycles. The van der Waals surface area contributed by atoms with Gasteiger partial charge in [0.05, 0.1) is 12.1 Å². The quantitative estimate of drug-likeness (QED) is 0.0225. The van der Waals surface area contributed by atoms with Crippen LogP contribution in [0.4, 0.5) is 26.3 Å². The molecule has 10 N–H and O–H groups in total. The number of halogens is 6. The lowest BCUT2D eigenvalue weighted by Gasteiger charge is -2.23. The molecule has 4 aromatic rings. The number of hydrogen-bond acceptors (Lipinski definition) is 7. The molecule has 0 fully saturated rings. The van der Waals surface area contributed by atoms with E-state index in [-0.39, 0.29) is 17.7 Å². The summed E-state index contributed by atoms with van der Waals surface area (Å²) in [7, 11) is 0. The molecule has 0 saturated carbocycles. The van der Waals surface area contributed by atoms with Crippen LogP contribution in [-0.4, -0.2) is 105 Å². The first-order valence-electron chi connectivity index (χ1n) is 22.3. The highest BCUT2D eigenvalue weighted by Gasteiger charge is 2.39. The van der Waals surface area contributed by atoms with Crippen molar-refractivity contribution in [3.8, 4) is 0 Å². The smallest absolute Gasteiger partial charge is 0.475 e. The maximum Gasteiger partial charge on any atom is 0.490 e. The molecule has 2 aromatic carbocycles. The SMILES string of the molecule is CCCCCCCCCCCCCC(=O)N(CCCNC(=O)[C@@H](N)Cc1c[nH]c2ccccc12)CCCNC(=O)[C@@H](N)Cc1c[nH]c2ccccc12.O=C(O)C(F)(F)F.O=C(O)C(F)(F)F. The fourth-order valence-electron chi connectivity index (χ4n) is 6.95. The standard InChI is InChI=1S/C42H63N7O3.2C2HF3O2/c1-2-3-4-5-6-7-8-9-10-11-12-23-40(50)49(26-17-24-45-41(51)36(43)28-32-30-47-38-21-15-13-19-34(32)38)27-18-25-46-42(52)37(44)29-33-31-48-39-22-16-14-20-35(33)39;2*3-2(4,5)1(6)7/h13-16,19-22,30-31,36-37,47-48H,2-12,17-18,23-29,43-44H2,1H3,(H,45,51)(H,46,52);2*(H,6,7)/t36-,37-;;/m0../s1. The van der Waals surface area contributed by atoms with Crippen molar-refractivity contribution in [2.24, 2.45) is 11.5 Å². The third kappa shape index (κ3) is 22.0. The maximum atomic E-state index is 13.4. The normalized spacial score (nSPS) is 12.3. The lowest BCUT2D eigenvalue weighted by Crippen LogP contribution is -2.44. The number of H-pyrrole nitrogens is 2. The number of carbonyl (C=O) groups excluding carboxylic acids is 3. The van der Waals surface area contributed by atoms with Crippen LogP contribution in [0.1, 0.15) is 108 Å². The monoisotopic (exact) mass is 941 g/mol. The number of aromatic amines is 2. The summed E-state index contributed by atoms with van der Waals surface area (Å²) in [4.78, 5) is 65.2. The van der Waals surface area contributed by atoms with Gasteiger partial charge in [-0.3, -0.25) is 14.4 Å². The van der Waals surface area contributed by atoms with E-state index in [9.17, 15) is 40.7 Å². The van der Waals surface area contributed by atoms with E-state index < -0.39 is 36.4 Å². The highest BCUT2D eigenvalue weighted by Crippen LogP contribution is 2.20. The molecule has 0 bridgehead atoms. The summed E-state index contributed by atoms with van der Waals surface area (Å²) in [5, 5.41) is 22.3. The highest BCUT2D eigenvalue weighted by atomic mass is 19.4. The molecule has 0 aliphatic rings. The van der Waals surface area contributed by atoms with E-state index in [4.69, 9.17) is 31.3 Å². The molecule has 0 unspecified atom stereocenters. The minimum absolute atomic E-state index is 0.126. The Labute approximate surface area is 380 Å². The molecule has 14 nitrogen and oxygen atoms in total. The van der Waals surface area contributed by atoms with Gasteiger partial charge in [0, 0.05) is 66.8 Å². The number of rotatable bonds is 26. The predicted molar refractivity (Wildman–Crippen MR) is 240 cm³/mol. The molecule has 3 amide bonds. The van der Waals surface area contributed by atoms with Crippen LogP contribution in [0.2, 0.25) is 0 Å². The number of aliphatic carboxylic acids is 2. The van der Waals surface area contributed by atoms with Crippen molar-refractivity contribution in [2.45, 2.75) is 134 Å².